The van der Waals surface area contributed by atoms with Gasteiger partial charge in [-0.05, 0) is 31.5 Å². The lowest BCUT2D eigenvalue weighted by Crippen LogP contribution is -2.32. The van der Waals surface area contributed by atoms with Crippen LogP contribution < -0.4 is 5.32 Å². The van der Waals surface area contributed by atoms with E-state index < -0.39 is 23.7 Å². The van der Waals surface area contributed by atoms with Crippen molar-refractivity contribution in [3.63, 3.8) is 0 Å². The Morgan fingerprint density at radius 2 is 1.50 bits per heavy atom. The number of benzene rings is 1. The summed E-state index contributed by atoms with van der Waals surface area (Å²) in [5.41, 5.74) is 2.14. The fraction of sp³-hybridized carbons (Fsp3) is 0.263. The average Bonchev–Trinajstić information content (AvgIpc) is 2.61. The third kappa shape index (κ3) is 3.96. The van der Waals surface area contributed by atoms with Crippen molar-refractivity contribution in [2.75, 3.05) is 14.2 Å². The second kappa shape index (κ2) is 8.19. The molecule has 26 heavy (non-hydrogen) atoms. The topological polar surface area (TPSA) is 64.6 Å². The van der Waals surface area contributed by atoms with Gasteiger partial charge in [-0.3, -0.25) is 0 Å². The van der Waals surface area contributed by atoms with Gasteiger partial charge in [-0.1, -0.05) is 29.8 Å². The fourth-order valence-corrected chi connectivity index (χ4v) is 3.08. The highest BCUT2D eigenvalue weighted by Crippen LogP contribution is 2.35. The highest BCUT2D eigenvalue weighted by atomic mass is 35.5. The van der Waals surface area contributed by atoms with E-state index in [0.29, 0.717) is 17.0 Å². The standard InChI is InChI=1S/C19H19ClFNO4/c1-10-16(18(23)25-3)14(17(11(2)22-10)19(24)26-4)9-15(20)12-5-7-13(21)8-6-12/h5-9,14,22H,1-4H3/b15-9-. The van der Waals surface area contributed by atoms with Crippen LogP contribution in [-0.2, 0) is 19.1 Å². The predicted octanol–water partition coefficient (Wildman–Crippen LogP) is 3.52. The summed E-state index contributed by atoms with van der Waals surface area (Å²) in [5.74, 6) is -2.34. The van der Waals surface area contributed by atoms with Crippen LogP contribution in [-0.4, -0.2) is 26.2 Å². The monoisotopic (exact) mass is 379 g/mol. The molecule has 0 atom stereocenters. The van der Waals surface area contributed by atoms with Crippen LogP contribution >= 0.6 is 11.6 Å². The molecule has 0 aliphatic carbocycles. The lowest BCUT2D eigenvalue weighted by molar-refractivity contribution is -0.137. The molecule has 0 spiro atoms. The maximum absolute atomic E-state index is 13.1. The van der Waals surface area contributed by atoms with Crippen LogP contribution in [0.5, 0.6) is 0 Å². The van der Waals surface area contributed by atoms with Gasteiger partial charge >= 0.3 is 11.9 Å². The first-order valence-corrected chi connectivity index (χ1v) is 8.16. The molecule has 1 aliphatic rings. The minimum Gasteiger partial charge on any atom is -0.466 e. The molecular weight excluding hydrogens is 361 g/mol. The molecular formula is C19H19ClFNO4. The summed E-state index contributed by atoms with van der Waals surface area (Å²) in [4.78, 5) is 24.6. The molecule has 0 saturated heterocycles. The Balaban J connectivity index is 2.60. The smallest absolute Gasteiger partial charge is 0.336 e. The summed E-state index contributed by atoms with van der Waals surface area (Å²) in [7, 11) is 2.52. The van der Waals surface area contributed by atoms with Gasteiger partial charge in [0, 0.05) is 22.3 Å². The number of ether oxygens (including phenoxy) is 2. The van der Waals surface area contributed by atoms with Crippen molar-refractivity contribution in [1.82, 2.24) is 5.32 Å². The molecule has 1 aromatic rings. The molecule has 0 amide bonds. The predicted molar refractivity (Wildman–Crippen MR) is 96.3 cm³/mol. The van der Waals surface area contributed by atoms with Gasteiger partial charge in [0.15, 0.2) is 0 Å². The number of rotatable bonds is 4. The minimum atomic E-state index is -0.770. The van der Waals surface area contributed by atoms with Crippen molar-refractivity contribution in [2.24, 2.45) is 5.92 Å². The van der Waals surface area contributed by atoms with Crippen LogP contribution in [0.4, 0.5) is 4.39 Å². The quantitative estimate of drug-likeness (QED) is 0.811. The average molecular weight is 380 g/mol. The molecule has 1 N–H and O–H groups in total. The first-order chi connectivity index (χ1) is 12.3. The van der Waals surface area contributed by atoms with E-state index in [1.54, 1.807) is 19.9 Å². The summed E-state index contributed by atoms with van der Waals surface area (Å²) in [6.07, 6.45) is 1.56. The Hall–Kier alpha value is -2.60. The molecule has 0 fully saturated rings. The van der Waals surface area contributed by atoms with Gasteiger partial charge in [-0.25, -0.2) is 14.0 Å². The van der Waals surface area contributed by atoms with Crippen molar-refractivity contribution in [2.45, 2.75) is 13.8 Å². The van der Waals surface area contributed by atoms with Crippen LogP contribution in [0.15, 0.2) is 52.9 Å². The third-order valence-corrected chi connectivity index (χ3v) is 4.39. The van der Waals surface area contributed by atoms with Crippen molar-refractivity contribution in [3.05, 3.63) is 64.3 Å². The molecule has 0 unspecified atom stereocenters. The van der Waals surface area contributed by atoms with Crippen molar-refractivity contribution >= 4 is 28.6 Å². The molecule has 138 valence electrons. The maximum atomic E-state index is 13.1. The highest BCUT2D eigenvalue weighted by Gasteiger charge is 2.35. The third-order valence-electron chi connectivity index (χ3n) is 4.05. The molecule has 0 bridgehead atoms. The van der Waals surface area contributed by atoms with Gasteiger partial charge in [0.05, 0.1) is 25.4 Å². The van der Waals surface area contributed by atoms with E-state index in [-0.39, 0.29) is 16.2 Å². The zero-order valence-corrected chi connectivity index (χ0v) is 15.6. The molecule has 0 saturated carbocycles. The van der Waals surface area contributed by atoms with Crippen LogP contribution in [0.3, 0.4) is 0 Å². The van der Waals surface area contributed by atoms with Crippen LogP contribution in [0, 0.1) is 11.7 Å². The number of nitrogens with one attached hydrogen (secondary N) is 1. The zero-order valence-electron chi connectivity index (χ0n) is 14.9. The van der Waals surface area contributed by atoms with Gasteiger partial charge in [0.2, 0.25) is 0 Å². The van der Waals surface area contributed by atoms with Crippen molar-refractivity contribution in [3.8, 4) is 0 Å². The van der Waals surface area contributed by atoms with E-state index in [0.717, 1.165) is 0 Å². The number of allylic oxidation sites excluding steroid dienone is 3. The Morgan fingerprint density at radius 3 is 1.92 bits per heavy atom. The summed E-state index contributed by atoms with van der Waals surface area (Å²) in [6, 6.07) is 5.58. The Bertz CT molecular complexity index is 786. The summed E-state index contributed by atoms with van der Waals surface area (Å²) in [6.45, 7) is 3.41. The van der Waals surface area contributed by atoms with E-state index in [9.17, 15) is 14.0 Å². The van der Waals surface area contributed by atoms with E-state index in [1.165, 1.54) is 38.5 Å². The normalized spacial score (nSPS) is 15.7. The fourth-order valence-electron chi connectivity index (χ4n) is 2.83. The first-order valence-electron chi connectivity index (χ1n) is 7.78. The number of hydrogen-bond acceptors (Lipinski definition) is 5. The molecule has 0 radical (unpaired) electrons. The molecule has 1 aliphatic heterocycles. The SMILES string of the molecule is COC(=O)C1=C(C)NC(C)=C(C(=O)OC)C1/C=C(\Cl)c1ccc(F)cc1. The highest BCUT2D eigenvalue weighted by molar-refractivity contribution is 6.48. The van der Waals surface area contributed by atoms with E-state index in [4.69, 9.17) is 21.1 Å². The van der Waals surface area contributed by atoms with E-state index >= 15 is 0 Å². The number of carbonyl (C=O) groups excluding carboxylic acids is 2. The number of methoxy groups -OCH3 is 2. The van der Waals surface area contributed by atoms with Gasteiger partial charge in [0.1, 0.15) is 5.82 Å². The lowest BCUT2D eigenvalue weighted by Gasteiger charge is -2.28. The largest absolute Gasteiger partial charge is 0.466 e. The van der Waals surface area contributed by atoms with E-state index in [1.807, 2.05) is 0 Å². The van der Waals surface area contributed by atoms with Gasteiger partial charge in [-0.2, -0.15) is 0 Å². The summed E-state index contributed by atoms with van der Waals surface area (Å²) in [5, 5.41) is 3.26. The molecule has 7 heteroatoms. The number of dihydropyridines is 1. The van der Waals surface area contributed by atoms with Crippen LogP contribution in [0.25, 0.3) is 5.03 Å². The molecule has 1 heterocycles. The van der Waals surface area contributed by atoms with E-state index in [2.05, 4.69) is 5.32 Å². The number of halogens is 2. The number of esters is 2. The summed E-state index contributed by atoms with van der Waals surface area (Å²) < 4.78 is 22.8. The maximum Gasteiger partial charge on any atom is 0.336 e. The lowest BCUT2D eigenvalue weighted by atomic mass is 9.84. The molecule has 0 aromatic heterocycles. The van der Waals surface area contributed by atoms with Crippen molar-refractivity contribution < 1.29 is 23.5 Å². The molecule has 1 aromatic carbocycles. The van der Waals surface area contributed by atoms with Crippen molar-refractivity contribution in [1.29, 1.82) is 0 Å². The Morgan fingerprint density at radius 1 is 1.04 bits per heavy atom. The molecule has 2 rings (SSSR count). The van der Waals surface area contributed by atoms with Crippen LogP contribution in [0.1, 0.15) is 19.4 Å². The number of carbonyl (C=O) groups is 2. The zero-order chi connectivity index (χ0) is 19.4. The van der Waals surface area contributed by atoms with Gasteiger partial charge in [0.25, 0.3) is 0 Å². The molecule has 5 nitrogen and oxygen atoms in total. The van der Waals surface area contributed by atoms with Gasteiger partial charge in [-0.15, -0.1) is 0 Å². The minimum absolute atomic E-state index is 0.249. The second-order valence-electron chi connectivity index (χ2n) is 5.68. The number of hydrogen-bond donors (Lipinski definition) is 1. The Labute approximate surface area is 156 Å². The second-order valence-corrected chi connectivity index (χ2v) is 6.09. The van der Waals surface area contributed by atoms with Gasteiger partial charge < -0.3 is 14.8 Å². The summed E-state index contributed by atoms with van der Waals surface area (Å²) >= 11 is 6.38. The first kappa shape index (κ1) is 19.7. The Kier molecular flexibility index (Phi) is 6.21. The van der Waals surface area contributed by atoms with Crippen LogP contribution in [0.2, 0.25) is 0 Å².